The predicted octanol–water partition coefficient (Wildman–Crippen LogP) is 3.08. The zero-order valence-electron chi connectivity index (χ0n) is 12.9. The van der Waals surface area contributed by atoms with Gasteiger partial charge in [-0.2, -0.15) is 5.26 Å². The van der Waals surface area contributed by atoms with E-state index >= 15 is 0 Å². The topological polar surface area (TPSA) is 33.0 Å². The number of nitrogens with zero attached hydrogens (tertiary/aromatic N) is 1. The van der Waals surface area contributed by atoms with Crippen LogP contribution in [0.15, 0.2) is 42.5 Å². The standard InChI is InChI=1S/C17H19NOSi2/c1-20(2)16-10-14(12-18)15(13-8-6-5-7-9-13)11-17(16)21(3,4)19-20/h5-11H,1-4H3. The third kappa shape index (κ3) is 2.28. The Kier molecular flexibility index (Phi) is 3.17. The molecule has 0 atom stereocenters. The number of rotatable bonds is 1. The zero-order valence-corrected chi connectivity index (χ0v) is 14.9. The Morgan fingerprint density at radius 3 is 2.05 bits per heavy atom. The molecule has 0 amide bonds. The lowest BCUT2D eigenvalue weighted by atomic mass is 10.0. The monoisotopic (exact) mass is 309 g/mol. The van der Waals surface area contributed by atoms with Crippen LogP contribution in [0.3, 0.4) is 0 Å². The molecule has 1 heterocycles. The van der Waals surface area contributed by atoms with Gasteiger partial charge in [0.2, 0.25) is 16.6 Å². The summed E-state index contributed by atoms with van der Waals surface area (Å²) >= 11 is 0. The van der Waals surface area contributed by atoms with Crippen molar-refractivity contribution in [1.29, 1.82) is 5.26 Å². The second-order valence-corrected chi connectivity index (χ2v) is 14.5. The van der Waals surface area contributed by atoms with Crippen molar-refractivity contribution in [2.24, 2.45) is 0 Å². The molecule has 0 unspecified atom stereocenters. The van der Waals surface area contributed by atoms with E-state index in [0.29, 0.717) is 0 Å². The molecule has 106 valence electrons. The van der Waals surface area contributed by atoms with Gasteiger partial charge in [-0.3, -0.25) is 0 Å². The van der Waals surface area contributed by atoms with E-state index in [1.807, 2.05) is 18.2 Å². The summed E-state index contributed by atoms with van der Waals surface area (Å²) in [6.07, 6.45) is 0. The van der Waals surface area contributed by atoms with Crippen molar-refractivity contribution in [1.82, 2.24) is 0 Å². The van der Waals surface area contributed by atoms with Crippen LogP contribution in [0.25, 0.3) is 11.1 Å². The molecule has 2 aromatic carbocycles. The molecule has 0 fully saturated rings. The number of nitriles is 1. The summed E-state index contributed by atoms with van der Waals surface area (Å²) in [7, 11) is -3.70. The van der Waals surface area contributed by atoms with E-state index in [-0.39, 0.29) is 0 Å². The highest BCUT2D eigenvalue weighted by Crippen LogP contribution is 2.28. The molecule has 0 aromatic heterocycles. The van der Waals surface area contributed by atoms with Gasteiger partial charge in [0.25, 0.3) is 0 Å². The minimum atomic E-state index is -1.86. The lowest BCUT2D eigenvalue weighted by Crippen LogP contribution is -2.44. The summed E-state index contributed by atoms with van der Waals surface area (Å²) in [6.45, 7) is 8.98. The molecule has 0 saturated carbocycles. The zero-order chi connectivity index (χ0) is 15.3. The SMILES string of the molecule is C[Si]1(C)O[Si](C)(C)c2cc(-c3ccccc3)c(C#N)cc21. The third-order valence-corrected chi connectivity index (χ3v) is 11.9. The summed E-state index contributed by atoms with van der Waals surface area (Å²) in [5.74, 6) is 0. The maximum Gasteiger partial charge on any atom is 0.206 e. The average Bonchev–Trinajstić information content (AvgIpc) is 2.63. The quantitative estimate of drug-likeness (QED) is 0.759. The molecule has 0 spiro atoms. The largest absolute Gasteiger partial charge is 0.449 e. The molecule has 3 rings (SSSR count). The minimum Gasteiger partial charge on any atom is -0.449 e. The van der Waals surface area contributed by atoms with Crippen molar-refractivity contribution in [2.75, 3.05) is 0 Å². The van der Waals surface area contributed by atoms with Crippen molar-refractivity contribution in [3.05, 3.63) is 48.0 Å². The first-order valence-corrected chi connectivity index (χ1v) is 13.0. The molecule has 2 nitrogen and oxygen atoms in total. The number of fused-ring (bicyclic) bond motifs is 1. The van der Waals surface area contributed by atoms with Gasteiger partial charge in [0.15, 0.2) is 0 Å². The van der Waals surface area contributed by atoms with E-state index in [1.165, 1.54) is 10.4 Å². The predicted molar refractivity (Wildman–Crippen MR) is 91.9 cm³/mol. The van der Waals surface area contributed by atoms with Crippen LogP contribution >= 0.6 is 0 Å². The van der Waals surface area contributed by atoms with Crippen molar-refractivity contribution in [3.63, 3.8) is 0 Å². The Balaban J connectivity index is 2.29. The lowest BCUT2D eigenvalue weighted by Gasteiger charge is -2.22. The third-order valence-electron chi connectivity index (χ3n) is 4.17. The molecule has 0 aliphatic carbocycles. The van der Waals surface area contributed by atoms with Crippen molar-refractivity contribution in [3.8, 4) is 17.2 Å². The summed E-state index contributed by atoms with van der Waals surface area (Å²) in [6, 6.07) is 16.8. The van der Waals surface area contributed by atoms with Gasteiger partial charge < -0.3 is 4.12 Å². The van der Waals surface area contributed by atoms with Crippen LogP contribution < -0.4 is 10.4 Å². The summed E-state index contributed by atoms with van der Waals surface area (Å²) < 4.78 is 6.47. The normalized spacial score (nSPS) is 18.0. The van der Waals surface area contributed by atoms with Crippen LogP contribution in [-0.2, 0) is 4.12 Å². The fourth-order valence-corrected chi connectivity index (χ4v) is 13.5. The smallest absolute Gasteiger partial charge is 0.206 e. The minimum absolute atomic E-state index is 0.760. The van der Waals surface area contributed by atoms with E-state index < -0.39 is 16.6 Å². The second kappa shape index (κ2) is 4.67. The average molecular weight is 310 g/mol. The Hall–Kier alpha value is -1.68. The van der Waals surface area contributed by atoms with Gasteiger partial charge >= 0.3 is 0 Å². The van der Waals surface area contributed by atoms with E-state index in [4.69, 9.17) is 4.12 Å². The fourth-order valence-electron chi connectivity index (χ4n) is 3.29. The first-order valence-electron chi connectivity index (χ1n) is 7.20. The fraction of sp³-hybridized carbons (Fsp3) is 0.235. The van der Waals surface area contributed by atoms with Gasteiger partial charge in [-0.05, 0) is 53.8 Å². The van der Waals surface area contributed by atoms with E-state index in [1.54, 1.807) is 0 Å². The van der Waals surface area contributed by atoms with Crippen LogP contribution in [-0.4, -0.2) is 16.6 Å². The molecule has 1 aliphatic heterocycles. The van der Waals surface area contributed by atoms with E-state index in [2.05, 4.69) is 56.5 Å². The van der Waals surface area contributed by atoms with Gasteiger partial charge in [-0.15, -0.1) is 0 Å². The first kappa shape index (κ1) is 14.3. The van der Waals surface area contributed by atoms with Crippen LogP contribution in [0, 0.1) is 11.3 Å². The molecule has 2 aromatic rings. The van der Waals surface area contributed by atoms with Gasteiger partial charge in [0, 0.05) is 0 Å². The van der Waals surface area contributed by atoms with Crippen LogP contribution in [0.2, 0.25) is 26.2 Å². The molecular formula is C17H19NOSi2. The summed E-state index contributed by atoms with van der Waals surface area (Å²) in [4.78, 5) is 0. The highest BCUT2D eigenvalue weighted by molar-refractivity contribution is 7.05. The maximum atomic E-state index is 9.55. The van der Waals surface area contributed by atoms with Gasteiger partial charge in [-0.1, -0.05) is 36.4 Å². The second-order valence-electron chi connectivity index (χ2n) is 6.54. The van der Waals surface area contributed by atoms with Gasteiger partial charge in [-0.25, -0.2) is 0 Å². The number of benzene rings is 2. The summed E-state index contributed by atoms with van der Waals surface area (Å²) in [5, 5.41) is 12.2. The van der Waals surface area contributed by atoms with E-state index in [9.17, 15) is 5.26 Å². The Labute approximate surface area is 128 Å². The van der Waals surface area contributed by atoms with Crippen LogP contribution in [0.1, 0.15) is 5.56 Å². The van der Waals surface area contributed by atoms with E-state index in [0.717, 1.165) is 16.7 Å². The molecular weight excluding hydrogens is 290 g/mol. The highest BCUT2D eigenvalue weighted by atomic mass is 28.4. The molecule has 0 radical (unpaired) electrons. The molecule has 4 heteroatoms. The highest BCUT2D eigenvalue weighted by Gasteiger charge is 2.46. The Morgan fingerprint density at radius 2 is 1.48 bits per heavy atom. The Morgan fingerprint density at radius 1 is 0.905 bits per heavy atom. The molecule has 0 N–H and O–H groups in total. The van der Waals surface area contributed by atoms with Crippen LogP contribution in [0.5, 0.6) is 0 Å². The molecule has 0 bridgehead atoms. The summed E-state index contributed by atoms with van der Waals surface area (Å²) in [5.41, 5.74) is 2.90. The lowest BCUT2D eigenvalue weighted by molar-refractivity contribution is 0.583. The van der Waals surface area contributed by atoms with Crippen molar-refractivity contribution < 1.29 is 4.12 Å². The molecule has 21 heavy (non-hydrogen) atoms. The number of hydrogen-bond acceptors (Lipinski definition) is 2. The van der Waals surface area contributed by atoms with Gasteiger partial charge in [0.05, 0.1) is 11.6 Å². The Bertz CT molecular complexity index is 745. The molecule has 0 saturated heterocycles. The van der Waals surface area contributed by atoms with Crippen LogP contribution in [0.4, 0.5) is 0 Å². The van der Waals surface area contributed by atoms with Gasteiger partial charge in [0.1, 0.15) is 0 Å². The molecule has 1 aliphatic rings. The number of hydrogen-bond donors (Lipinski definition) is 0. The maximum absolute atomic E-state index is 9.55. The first-order chi connectivity index (χ1) is 9.85. The van der Waals surface area contributed by atoms with Crippen molar-refractivity contribution in [2.45, 2.75) is 26.2 Å². The van der Waals surface area contributed by atoms with Crippen molar-refractivity contribution >= 4 is 27.0 Å².